The molecule has 0 saturated heterocycles. The van der Waals surface area contributed by atoms with Gasteiger partial charge in [-0.3, -0.25) is 4.79 Å². The summed E-state index contributed by atoms with van der Waals surface area (Å²) in [6, 6.07) is 3.20. The molecule has 19 heavy (non-hydrogen) atoms. The topological polar surface area (TPSA) is 62.2 Å². The summed E-state index contributed by atoms with van der Waals surface area (Å²) in [5.41, 5.74) is -0.306. The third-order valence-corrected chi connectivity index (χ3v) is 4.00. The van der Waals surface area contributed by atoms with Crippen LogP contribution in [0.15, 0.2) is 18.3 Å². The molecule has 1 aliphatic carbocycles. The minimum atomic E-state index is -0.762. The molecule has 0 unspecified atom stereocenters. The number of rotatable bonds is 3. The first-order chi connectivity index (χ1) is 8.98. The van der Waals surface area contributed by atoms with Crippen LogP contribution < -0.4 is 5.32 Å². The molecule has 2 rings (SSSR count). The van der Waals surface area contributed by atoms with Crippen molar-refractivity contribution in [2.24, 2.45) is 5.92 Å². The van der Waals surface area contributed by atoms with Gasteiger partial charge in [-0.1, -0.05) is 18.5 Å². The van der Waals surface area contributed by atoms with Crippen LogP contribution in [0.3, 0.4) is 0 Å². The molecule has 1 amide bonds. The van der Waals surface area contributed by atoms with Gasteiger partial charge in [0, 0.05) is 12.7 Å². The van der Waals surface area contributed by atoms with Gasteiger partial charge in [0.15, 0.2) is 0 Å². The largest absolute Gasteiger partial charge is 0.388 e. The van der Waals surface area contributed by atoms with Crippen molar-refractivity contribution in [3.8, 4) is 0 Å². The lowest BCUT2D eigenvalue weighted by atomic mass is 9.79. The fourth-order valence-electron chi connectivity index (χ4n) is 2.33. The van der Waals surface area contributed by atoms with Crippen LogP contribution in [0.5, 0.6) is 0 Å². The zero-order valence-electron chi connectivity index (χ0n) is 11.0. The molecule has 1 heterocycles. The maximum absolute atomic E-state index is 11.9. The summed E-state index contributed by atoms with van der Waals surface area (Å²) in [4.78, 5) is 15.8. The number of carbonyl (C=O) groups excluding carboxylic acids is 1. The van der Waals surface area contributed by atoms with E-state index in [1.807, 2.05) is 0 Å². The number of nitrogens with one attached hydrogen (secondary N) is 1. The van der Waals surface area contributed by atoms with Gasteiger partial charge >= 0.3 is 0 Å². The van der Waals surface area contributed by atoms with Gasteiger partial charge < -0.3 is 10.4 Å². The number of hydrogen-bond donors (Lipinski definition) is 2. The minimum Gasteiger partial charge on any atom is -0.388 e. The summed E-state index contributed by atoms with van der Waals surface area (Å²) < 4.78 is 0. The lowest BCUT2D eigenvalue weighted by Crippen LogP contribution is -2.45. The minimum absolute atomic E-state index is 0.226. The van der Waals surface area contributed by atoms with E-state index in [0.717, 1.165) is 25.7 Å². The molecule has 0 spiro atoms. The van der Waals surface area contributed by atoms with Crippen molar-refractivity contribution < 1.29 is 9.90 Å². The van der Waals surface area contributed by atoms with E-state index in [4.69, 9.17) is 11.6 Å². The lowest BCUT2D eigenvalue weighted by Gasteiger charge is -2.34. The molecule has 2 N–H and O–H groups in total. The number of nitrogens with zero attached hydrogens (tertiary/aromatic N) is 1. The summed E-state index contributed by atoms with van der Waals surface area (Å²) in [6.45, 7) is 2.48. The third kappa shape index (κ3) is 3.91. The van der Waals surface area contributed by atoms with Crippen LogP contribution >= 0.6 is 11.6 Å². The molecule has 0 bridgehead atoms. The maximum atomic E-state index is 11.9. The standard InChI is InChI=1S/C14H19ClN2O2/c1-10-4-6-14(19,7-5-10)9-17-13(18)11-2-3-12(15)16-8-11/h2-3,8,10,19H,4-7,9H2,1H3,(H,17,18). The maximum Gasteiger partial charge on any atom is 0.252 e. The van der Waals surface area contributed by atoms with Crippen molar-refractivity contribution in [2.75, 3.05) is 6.54 Å². The number of hydrogen-bond acceptors (Lipinski definition) is 3. The van der Waals surface area contributed by atoms with Crippen LogP contribution in [-0.2, 0) is 0 Å². The fraction of sp³-hybridized carbons (Fsp3) is 0.571. The molecule has 1 saturated carbocycles. The van der Waals surface area contributed by atoms with E-state index in [2.05, 4.69) is 17.2 Å². The van der Waals surface area contributed by atoms with Gasteiger partial charge in [-0.25, -0.2) is 4.98 Å². The van der Waals surface area contributed by atoms with Crippen molar-refractivity contribution in [1.29, 1.82) is 0 Å². The monoisotopic (exact) mass is 282 g/mol. The molecule has 0 radical (unpaired) electrons. The Hall–Kier alpha value is -1.13. The van der Waals surface area contributed by atoms with Crippen molar-refractivity contribution in [3.63, 3.8) is 0 Å². The number of pyridine rings is 1. The van der Waals surface area contributed by atoms with Crippen molar-refractivity contribution >= 4 is 17.5 Å². The van der Waals surface area contributed by atoms with E-state index in [-0.39, 0.29) is 5.91 Å². The molecular formula is C14H19ClN2O2. The van der Waals surface area contributed by atoms with Gasteiger partial charge in [-0.2, -0.15) is 0 Å². The van der Waals surface area contributed by atoms with E-state index >= 15 is 0 Å². The van der Waals surface area contributed by atoms with Crippen LogP contribution in [0, 0.1) is 5.92 Å². The van der Waals surface area contributed by atoms with Crippen molar-refractivity contribution in [1.82, 2.24) is 10.3 Å². The average Bonchev–Trinajstić information content (AvgIpc) is 2.41. The van der Waals surface area contributed by atoms with Gasteiger partial charge in [-0.05, 0) is 43.7 Å². The zero-order chi connectivity index (χ0) is 13.9. The highest BCUT2D eigenvalue weighted by atomic mass is 35.5. The van der Waals surface area contributed by atoms with Gasteiger partial charge in [0.25, 0.3) is 5.91 Å². The smallest absolute Gasteiger partial charge is 0.252 e. The number of aromatic nitrogens is 1. The Kier molecular flexibility index (Phi) is 4.42. The average molecular weight is 283 g/mol. The SMILES string of the molecule is CC1CCC(O)(CNC(=O)c2ccc(Cl)nc2)CC1. The molecule has 1 aromatic rings. The lowest BCUT2D eigenvalue weighted by molar-refractivity contribution is -0.00540. The van der Waals surface area contributed by atoms with Crippen molar-refractivity contribution in [2.45, 2.75) is 38.2 Å². The molecule has 1 fully saturated rings. The molecule has 1 aliphatic rings. The number of aliphatic hydroxyl groups is 1. The van der Waals surface area contributed by atoms with E-state index in [9.17, 15) is 9.90 Å². The highest BCUT2D eigenvalue weighted by molar-refractivity contribution is 6.29. The van der Waals surface area contributed by atoms with Gasteiger partial charge in [0.05, 0.1) is 11.2 Å². The first kappa shape index (κ1) is 14.3. The fourth-order valence-corrected chi connectivity index (χ4v) is 2.45. The Labute approximate surface area is 118 Å². The molecule has 4 nitrogen and oxygen atoms in total. The first-order valence-corrected chi connectivity index (χ1v) is 6.98. The Morgan fingerprint density at radius 2 is 2.21 bits per heavy atom. The van der Waals surface area contributed by atoms with Gasteiger partial charge in [-0.15, -0.1) is 0 Å². The molecule has 5 heteroatoms. The second kappa shape index (κ2) is 5.88. The normalized spacial score (nSPS) is 27.0. The van der Waals surface area contributed by atoms with Crippen LogP contribution in [-0.4, -0.2) is 28.1 Å². The van der Waals surface area contributed by atoms with E-state index < -0.39 is 5.60 Å². The molecule has 0 aliphatic heterocycles. The van der Waals surface area contributed by atoms with Crippen LogP contribution in [0.4, 0.5) is 0 Å². The Bertz CT molecular complexity index is 439. The van der Waals surface area contributed by atoms with Gasteiger partial charge in [0.1, 0.15) is 5.15 Å². The van der Waals surface area contributed by atoms with E-state index in [0.29, 0.717) is 23.2 Å². The van der Waals surface area contributed by atoms with Crippen LogP contribution in [0.2, 0.25) is 5.15 Å². The molecule has 0 aromatic carbocycles. The summed E-state index contributed by atoms with van der Waals surface area (Å²) in [5.74, 6) is 0.438. The Morgan fingerprint density at radius 1 is 1.53 bits per heavy atom. The first-order valence-electron chi connectivity index (χ1n) is 6.61. The number of amides is 1. The summed E-state index contributed by atoms with van der Waals surface area (Å²) in [6.07, 6.45) is 4.94. The molecule has 104 valence electrons. The number of carbonyl (C=O) groups is 1. The molecular weight excluding hydrogens is 264 g/mol. The van der Waals surface area contributed by atoms with Crippen LogP contribution in [0.1, 0.15) is 43.0 Å². The second-order valence-corrected chi connectivity index (χ2v) is 5.85. The van der Waals surface area contributed by atoms with Crippen LogP contribution in [0.25, 0.3) is 0 Å². The molecule has 0 atom stereocenters. The summed E-state index contributed by atoms with van der Waals surface area (Å²) >= 11 is 5.67. The second-order valence-electron chi connectivity index (χ2n) is 5.46. The third-order valence-electron chi connectivity index (χ3n) is 3.77. The predicted octanol–water partition coefficient (Wildman–Crippen LogP) is 2.41. The van der Waals surface area contributed by atoms with E-state index in [1.165, 1.54) is 6.20 Å². The molecule has 1 aromatic heterocycles. The Balaban J connectivity index is 1.88. The van der Waals surface area contributed by atoms with E-state index in [1.54, 1.807) is 12.1 Å². The van der Waals surface area contributed by atoms with Gasteiger partial charge in [0.2, 0.25) is 0 Å². The summed E-state index contributed by atoms with van der Waals surface area (Å²) in [5, 5.41) is 13.5. The van der Waals surface area contributed by atoms with Crippen molar-refractivity contribution in [3.05, 3.63) is 29.0 Å². The zero-order valence-corrected chi connectivity index (χ0v) is 11.8. The summed E-state index contributed by atoms with van der Waals surface area (Å²) in [7, 11) is 0. The highest BCUT2D eigenvalue weighted by Gasteiger charge is 2.32. The number of halogens is 1. The highest BCUT2D eigenvalue weighted by Crippen LogP contribution is 2.31. The quantitative estimate of drug-likeness (QED) is 0.837. The Morgan fingerprint density at radius 3 is 2.79 bits per heavy atom. The predicted molar refractivity (Wildman–Crippen MR) is 74.2 cm³/mol.